The minimum Gasteiger partial charge on any atom is -0.382 e. The van der Waals surface area contributed by atoms with Crippen molar-refractivity contribution in [3.05, 3.63) is 30.3 Å². The first-order valence-electron chi connectivity index (χ1n) is 7.64. The molecule has 128 valence electrons. The molecular formula is C16H19N3O5. The third-order valence-corrected chi connectivity index (χ3v) is 3.37. The quantitative estimate of drug-likeness (QED) is 0.432. The second-order valence-corrected chi connectivity index (χ2v) is 5.10. The predicted octanol–water partition coefficient (Wildman–Crippen LogP) is 0.843. The van der Waals surface area contributed by atoms with Gasteiger partial charge in [-0.3, -0.25) is 19.3 Å². The molecule has 1 heterocycles. The fourth-order valence-electron chi connectivity index (χ4n) is 2.22. The van der Waals surface area contributed by atoms with Crippen molar-refractivity contribution in [2.45, 2.75) is 13.3 Å². The van der Waals surface area contributed by atoms with Crippen LogP contribution in [0.25, 0.3) is 0 Å². The number of amides is 5. The zero-order valence-electron chi connectivity index (χ0n) is 13.4. The average Bonchev–Trinajstić information content (AvgIpc) is 2.77. The number of hydrogen-bond acceptors (Lipinski definition) is 5. The number of rotatable bonds is 8. The van der Waals surface area contributed by atoms with E-state index in [0.717, 1.165) is 4.90 Å². The Morgan fingerprint density at radius 3 is 2.42 bits per heavy atom. The zero-order valence-corrected chi connectivity index (χ0v) is 13.4. The van der Waals surface area contributed by atoms with Gasteiger partial charge < -0.3 is 10.1 Å². The molecule has 0 aromatic heterocycles. The van der Waals surface area contributed by atoms with Gasteiger partial charge in [-0.2, -0.15) is 0 Å². The van der Waals surface area contributed by atoms with Gasteiger partial charge in [0.25, 0.3) is 0 Å². The number of benzene rings is 1. The van der Waals surface area contributed by atoms with E-state index in [4.69, 9.17) is 4.74 Å². The molecule has 1 aromatic carbocycles. The zero-order chi connectivity index (χ0) is 17.5. The molecule has 0 radical (unpaired) electrons. The lowest BCUT2D eigenvalue weighted by molar-refractivity contribution is -0.143. The molecule has 1 aromatic rings. The van der Waals surface area contributed by atoms with E-state index in [1.807, 2.05) is 6.92 Å². The minimum absolute atomic E-state index is 0.0835. The van der Waals surface area contributed by atoms with E-state index >= 15 is 0 Å². The van der Waals surface area contributed by atoms with Crippen LogP contribution in [0.3, 0.4) is 0 Å². The summed E-state index contributed by atoms with van der Waals surface area (Å²) in [4.78, 5) is 49.4. The Labute approximate surface area is 139 Å². The molecule has 0 aliphatic carbocycles. The first-order chi connectivity index (χ1) is 11.5. The van der Waals surface area contributed by atoms with Crippen LogP contribution in [-0.2, 0) is 19.1 Å². The van der Waals surface area contributed by atoms with Gasteiger partial charge in [-0.15, -0.1) is 0 Å². The van der Waals surface area contributed by atoms with E-state index in [1.165, 1.54) is 0 Å². The molecule has 1 aliphatic heterocycles. The van der Waals surface area contributed by atoms with E-state index in [2.05, 4.69) is 5.32 Å². The summed E-state index contributed by atoms with van der Waals surface area (Å²) in [6, 6.07) is 7.86. The Kier molecular flexibility index (Phi) is 6.02. The summed E-state index contributed by atoms with van der Waals surface area (Å²) in [6.45, 7) is 2.34. The van der Waals surface area contributed by atoms with Crippen LogP contribution in [0.15, 0.2) is 30.3 Å². The van der Waals surface area contributed by atoms with Crippen LogP contribution in [0, 0.1) is 0 Å². The lowest BCUT2D eigenvalue weighted by Crippen LogP contribution is -2.39. The minimum atomic E-state index is -0.986. The summed E-state index contributed by atoms with van der Waals surface area (Å²) in [6.07, 6.45) is 0.433. The Hall–Kier alpha value is -2.74. The third kappa shape index (κ3) is 4.17. The number of imide groups is 2. The van der Waals surface area contributed by atoms with Crippen LogP contribution in [-0.4, -0.2) is 59.9 Å². The topological polar surface area (TPSA) is 96.0 Å². The van der Waals surface area contributed by atoms with E-state index in [0.29, 0.717) is 30.2 Å². The standard InChI is InChI=1S/C16H19N3O5/c1-2-24-10-6-9-18-14(21)15(22)19(16(18)23)11-13(20)17-12-7-4-3-5-8-12/h3-5,7-8H,2,6,9-11H2,1H3,(H,17,20). The van der Waals surface area contributed by atoms with Crippen molar-refractivity contribution in [1.29, 1.82) is 0 Å². The van der Waals surface area contributed by atoms with Crippen LogP contribution in [0.5, 0.6) is 0 Å². The van der Waals surface area contributed by atoms with Crippen LogP contribution >= 0.6 is 0 Å². The number of nitrogens with one attached hydrogen (secondary N) is 1. The van der Waals surface area contributed by atoms with Gasteiger partial charge >= 0.3 is 17.8 Å². The van der Waals surface area contributed by atoms with Gasteiger partial charge in [0.1, 0.15) is 6.54 Å². The molecule has 1 N–H and O–H groups in total. The molecule has 2 rings (SSSR count). The second kappa shape index (κ2) is 8.21. The second-order valence-electron chi connectivity index (χ2n) is 5.10. The van der Waals surface area contributed by atoms with Crippen molar-refractivity contribution in [2.24, 2.45) is 0 Å². The number of ether oxygens (including phenoxy) is 1. The summed E-state index contributed by atoms with van der Waals surface area (Å²) < 4.78 is 5.14. The Bertz CT molecular complexity index is 632. The SMILES string of the molecule is CCOCCCN1C(=O)C(=O)N(CC(=O)Nc2ccccc2)C1=O. The monoisotopic (exact) mass is 333 g/mol. The molecule has 1 aliphatic rings. The van der Waals surface area contributed by atoms with E-state index in [-0.39, 0.29) is 6.54 Å². The molecule has 0 bridgehead atoms. The summed E-state index contributed by atoms with van der Waals surface area (Å²) in [5, 5.41) is 2.56. The maximum Gasteiger partial charge on any atom is 0.334 e. The smallest absolute Gasteiger partial charge is 0.334 e. The van der Waals surface area contributed by atoms with E-state index in [9.17, 15) is 19.2 Å². The normalized spacial score (nSPS) is 14.5. The van der Waals surface area contributed by atoms with Crippen LogP contribution in [0.1, 0.15) is 13.3 Å². The highest BCUT2D eigenvalue weighted by Crippen LogP contribution is 2.13. The van der Waals surface area contributed by atoms with Crippen molar-refractivity contribution in [1.82, 2.24) is 9.80 Å². The molecule has 0 spiro atoms. The van der Waals surface area contributed by atoms with Crippen molar-refractivity contribution < 1.29 is 23.9 Å². The largest absolute Gasteiger partial charge is 0.382 e. The van der Waals surface area contributed by atoms with Gasteiger partial charge in [0.05, 0.1) is 0 Å². The first kappa shape index (κ1) is 17.6. The van der Waals surface area contributed by atoms with Gasteiger partial charge in [0, 0.05) is 25.4 Å². The highest BCUT2D eigenvalue weighted by molar-refractivity contribution is 6.45. The number of hydrogen-bond donors (Lipinski definition) is 1. The summed E-state index contributed by atoms with van der Waals surface area (Å²) >= 11 is 0. The summed E-state index contributed by atoms with van der Waals surface area (Å²) in [5.41, 5.74) is 0.543. The number of para-hydroxylation sites is 1. The third-order valence-electron chi connectivity index (χ3n) is 3.37. The lowest BCUT2D eigenvalue weighted by atomic mass is 10.3. The maximum atomic E-state index is 12.2. The molecular weight excluding hydrogens is 314 g/mol. The number of carbonyl (C=O) groups is 4. The van der Waals surface area contributed by atoms with Crippen molar-refractivity contribution in [3.8, 4) is 0 Å². The summed E-state index contributed by atoms with van der Waals surface area (Å²) in [7, 11) is 0. The van der Waals surface area contributed by atoms with Gasteiger partial charge in [-0.1, -0.05) is 18.2 Å². The van der Waals surface area contributed by atoms with E-state index in [1.54, 1.807) is 30.3 Å². The number of anilines is 1. The fraction of sp³-hybridized carbons (Fsp3) is 0.375. The molecule has 1 fully saturated rings. The average molecular weight is 333 g/mol. The van der Waals surface area contributed by atoms with Gasteiger partial charge in [0.15, 0.2) is 0 Å². The number of carbonyl (C=O) groups excluding carboxylic acids is 4. The lowest BCUT2D eigenvalue weighted by Gasteiger charge is -2.15. The number of urea groups is 1. The van der Waals surface area contributed by atoms with Crippen molar-refractivity contribution >= 4 is 29.4 Å². The summed E-state index contributed by atoms with van der Waals surface area (Å²) in [5.74, 6) is -2.45. The highest BCUT2D eigenvalue weighted by Gasteiger charge is 2.44. The van der Waals surface area contributed by atoms with Crippen LogP contribution in [0.4, 0.5) is 10.5 Å². The molecule has 5 amide bonds. The maximum absolute atomic E-state index is 12.2. The first-order valence-corrected chi connectivity index (χ1v) is 7.64. The molecule has 24 heavy (non-hydrogen) atoms. The molecule has 0 atom stereocenters. The molecule has 8 nitrogen and oxygen atoms in total. The van der Waals surface area contributed by atoms with Crippen molar-refractivity contribution in [2.75, 3.05) is 31.6 Å². The van der Waals surface area contributed by atoms with Crippen molar-refractivity contribution in [3.63, 3.8) is 0 Å². The Balaban J connectivity index is 1.92. The highest BCUT2D eigenvalue weighted by atomic mass is 16.5. The van der Waals surface area contributed by atoms with E-state index < -0.39 is 30.3 Å². The number of nitrogens with zero attached hydrogens (tertiary/aromatic N) is 2. The predicted molar refractivity (Wildman–Crippen MR) is 85.0 cm³/mol. The molecule has 8 heteroatoms. The Morgan fingerprint density at radius 1 is 1.08 bits per heavy atom. The van der Waals surface area contributed by atoms with Crippen LogP contribution in [0.2, 0.25) is 0 Å². The molecule has 1 saturated heterocycles. The van der Waals surface area contributed by atoms with Gasteiger partial charge in [-0.25, -0.2) is 9.69 Å². The van der Waals surface area contributed by atoms with Gasteiger partial charge in [-0.05, 0) is 25.5 Å². The Morgan fingerprint density at radius 2 is 1.75 bits per heavy atom. The van der Waals surface area contributed by atoms with Crippen LogP contribution < -0.4 is 5.32 Å². The molecule has 0 unspecified atom stereocenters. The fourth-order valence-corrected chi connectivity index (χ4v) is 2.22. The van der Waals surface area contributed by atoms with Gasteiger partial charge in [0.2, 0.25) is 5.91 Å². The molecule has 0 saturated carbocycles.